The highest BCUT2D eigenvalue weighted by atomic mass is 16.3. The summed E-state index contributed by atoms with van der Waals surface area (Å²) >= 11 is 0. The Morgan fingerprint density at radius 1 is 0.352 bits per heavy atom. The molecule has 0 saturated carbocycles. The molecule has 0 N–H and O–H groups in total. The number of hydrogen-bond donors (Lipinski definition) is 0. The highest BCUT2D eigenvalue weighted by Crippen LogP contribution is 2.40. The van der Waals surface area contributed by atoms with Crippen LogP contribution in [0.4, 0.5) is 0 Å². The Kier molecular flexibility index (Phi) is 8.43. The van der Waals surface area contributed by atoms with Crippen LogP contribution >= 0.6 is 0 Å². The van der Waals surface area contributed by atoms with Gasteiger partial charge in [-0.05, 0) is 45.5 Å². The first-order valence-electron chi connectivity index (χ1n) is 18.5. The fourth-order valence-corrected chi connectivity index (χ4v) is 7.80. The second kappa shape index (κ2) is 13.6. The third kappa shape index (κ3) is 5.77. The molecule has 7 aromatic carbocycles. The van der Waals surface area contributed by atoms with Crippen LogP contribution in [0.25, 0.3) is 89.5 Å². The van der Waals surface area contributed by atoms with E-state index in [0.717, 1.165) is 49.8 Å². The van der Waals surface area contributed by atoms with Gasteiger partial charge in [0, 0.05) is 21.9 Å². The number of furan rings is 1. The molecule has 4 nitrogen and oxygen atoms in total. The lowest BCUT2D eigenvalue weighted by Crippen LogP contribution is -2.55. The number of aromatic nitrogens is 3. The largest absolute Gasteiger partial charge is 0.455 e. The molecule has 2 heterocycles. The molecular weight excluding hydrogens is 653 g/mol. The lowest BCUT2D eigenvalue weighted by molar-refractivity contribution is 0.669. The van der Waals surface area contributed by atoms with E-state index in [4.69, 9.17) is 19.4 Å². The Hall–Kier alpha value is -6.33. The molecule has 0 bridgehead atoms. The van der Waals surface area contributed by atoms with Crippen LogP contribution in [0.15, 0.2) is 150 Å². The molecule has 9 rings (SSSR count). The van der Waals surface area contributed by atoms with E-state index in [2.05, 4.69) is 112 Å². The van der Waals surface area contributed by atoms with Crippen molar-refractivity contribution in [2.24, 2.45) is 0 Å². The zero-order valence-electron chi connectivity index (χ0n) is 31.1. The average molecular weight is 687 g/mol. The van der Waals surface area contributed by atoms with Gasteiger partial charge < -0.3 is 4.42 Å². The number of nitrogens with zero attached hydrogens (tertiary/aromatic N) is 3. The van der Waals surface area contributed by atoms with E-state index in [1.54, 1.807) is 0 Å². The summed E-state index contributed by atoms with van der Waals surface area (Å²) < 4.78 is 6.67. The van der Waals surface area contributed by atoms with Gasteiger partial charge in [-0.3, -0.25) is 0 Å². The number of fused-ring (bicyclic) bond motifs is 3. The standard InChI is InChI=1S/C45H34B5N3O/c46-37-35(38(47)40(49)41(50)39(37)48)28-23-19-26(20-24-28)25-17-21-27(22-18-25)31-13-8-16-34-36(31)32-14-7-15-33(42(32)54-34)45-52-43(29-9-3-1-4-10-29)51-44(53-45)30-11-5-2-6-12-30/h1-24H,46-50H2. The Morgan fingerprint density at radius 2 is 0.815 bits per heavy atom. The second-order valence-corrected chi connectivity index (χ2v) is 14.2. The number of rotatable bonds is 6. The van der Waals surface area contributed by atoms with Crippen LogP contribution in [0.3, 0.4) is 0 Å². The molecule has 250 valence electrons. The normalized spacial score (nSPS) is 11.3. The van der Waals surface area contributed by atoms with Gasteiger partial charge in [0.2, 0.25) is 0 Å². The lowest BCUT2D eigenvalue weighted by Gasteiger charge is -2.20. The van der Waals surface area contributed by atoms with E-state index in [0.29, 0.717) is 17.5 Å². The molecule has 0 saturated heterocycles. The molecule has 2 aromatic heterocycles. The molecule has 0 aliphatic heterocycles. The van der Waals surface area contributed by atoms with Crippen molar-refractivity contribution in [1.29, 1.82) is 0 Å². The predicted molar refractivity (Wildman–Crippen MR) is 241 cm³/mol. The molecular formula is C45H34B5N3O. The summed E-state index contributed by atoms with van der Waals surface area (Å²) in [6.07, 6.45) is 0. The van der Waals surface area contributed by atoms with Crippen LogP contribution in [0, 0.1) is 0 Å². The number of para-hydroxylation sites is 1. The zero-order valence-corrected chi connectivity index (χ0v) is 31.1. The smallest absolute Gasteiger partial charge is 0.167 e. The molecule has 0 aliphatic rings. The van der Waals surface area contributed by atoms with Gasteiger partial charge in [0.05, 0.1) is 5.56 Å². The van der Waals surface area contributed by atoms with Crippen molar-refractivity contribution in [1.82, 2.24) is 15.0 Å². The predicted octanol–water partition coefficient (Wildman–Crippen LogP) is 3.07. The molecule has 54 heavy (non-hydrogen) atoms. The van der Waals surface area contributed by atoms with Crippen LogP contribution in [-0.4, -0.2) is 54.2 Å². The van der Waals surface area contributed by atoms with Crippen molar-refractivity contribution >= 4 is 88.5 Å². The monoisotopic (exact) mass is 687 g/mol. The van der Waals surface area contributed by atoms with Gasteiger partial charge in [-0.1, -0.05) is 144 Å². The van der Waals surface area contributed by atoms with E-state index >= 15 is 0 Å². The topological polar surface area (TPSA) is 51.8 Å². The van der Waals surface area contributed by atoms with Gasteiger partial charge in [0.15, 0.2) is 17.5 Å². The molecule has 0 fully saturated rings. The number of hydrogen-bond acceptors (Lipinski definition) is 4. The maximum absolute atomic E-state index is 6.67. The molecule has 9 heteroatoms. The number of benzene rings is 7. The van der Waals surface area contributed by atoms with Gasteiger partial charge in [-0.15, -0.1) is 16.4 Å². The Bertz CT molecular complexity index is 2770. The van der Waals surface area contributed by atoms with E-state index in [1.807, 2.05) is 72.8 Å². The Balaban J connectivity index is 1.10. The van der Waals surface area contributed by atoms with Crippen LogP contribution < -0.4 is 27.3 Å². The minimum absolute atomic E-state index is 0.572. The van der Waals surface area contributed by atoms with Crippen molar-refractivity contribution in [2.45, 2.75) is 0 Å². The summed E-state index contributed by atoms with van der Waals surface area (Å²) in [5, 5.41) is 2.09. The maximum Gasteiger partial charge on any atom is 0.167 e. The van der Waals surface area contributed by atoms with Crippen molar-refractivity contribution < 1.29 is 4.42 Å². The van der Waals surface area contributed by atoms with Crippen LogP contribution in [0.1, 0.15) is 0 Å². The van der Waals surface area contributed by atoms with E-state index < -0.39 is 0 Å². The first-order chi connectivity index (χ1) is 26.4. The van der Waals surface area contributed by atoms with Gasteiger partial charge in [0.1, 0.15) is 50.4 Å². The molecule has 0 spiro atoms. The molecule has 0 unspecified atom stereocenters. The molecule has 9 aromatic rings. The third-order valence-electron chi connectivity index (χ3n) is 11.2. The summed E-state index contributed by atoms with van der Waals surface area (Å²) in [5.41, 5.74) is 18.4. The van der Waals surface area contributed by atoms with Gasteiger partial charge in [0.25, 0.3) is 0 Å². The van der Waals surface area contributed by atoms with Crippen molar-refractivity contribution in [3.8, 4) is 67.5 Å². The second-order valence-electron chi connectivity index (χ2n) is 14.2. The average Bonchev–Trinajstić information content (AvgIpc) is 3.62. The fraction of sp³-hybridized carbons (Fsp3) is 0. The van der Waals surface area contributed by atoms with Crippen molar-refractivity contribution in [2.75, 3.05) is 0 Å². The first kappa shape index (κ1) is 33.5. The van der Waals surface area contributed by atoms with Crippen molar-refractivity contribution in [3.05, 3.63) is 146 Å². The van der Waals surface area contributed by atoms with Crippen molar-refractivity contribution in [3.63, 3.8) is 0 Å². The SMILES string of the molecule is Bc1c(B)c(B)c(-c2ccc(-c3ccc(-c4cccc5oc6c(-c7nc(-c8ccccc8)nc(-c8ccccc8)n7)cccc6c45)cc3)cc2)c(B)c1B. The zero-order chi connectivity index (χ0) is 36.9. The summed E-state index contributed by atoms with van der Waals surface area (Å²) in [4.78, 5) is 14.9. The van der Waals surface area contributed by atoms with Crippen LogP contribution in [0.2, 0.25) is 0 Å². The summed E-state index contributed by atoms with van der Waals surface area (Å²) in [6, 6.07) is 50.5. The highest BCUT2D eigenvalue weighted by molar-refractivity contribution is 6.68. The first-order valence-corrected chi connectivity index (χ1v) is 18.5. The summed E-state index contributed by atoms with van der Waals surface area (Å²) in [6.45, 7) is 0. The molecule has 0 radical (unpaired) electrons. The van der Waals surface area contributed by atoms with E-state index in [1.165, 1.54) is 49.6 Å². The maximum atomic E-state index is 6.67. The van der Waals surface area contributed by atoms with Gasteiger partial charge in [-0.25, -0.2) is 15.0 Å². The molecule has 0 amide bonds. The van der Waals surface area contributed by atoms with Gasteiger partial charge >= 0.3 is 0 Å². The van der Waals surface area contributed by atoms with Crippen LogP contribution in [0.5, 0.6) is 0 Å². The highest BCUT2D eigenvalue weighted by Gasteiger charge is 2.20. The quantitative estimate of drug-likeness (QED) is 0.253. The fourth-order valence-electron chi connectivity index (χ4n) is 7.80. The van der Waals surface area contributed by atoms with Crippen LogP contribution in [-0.2, 0) is 0 Å². The minimum atomic E-state index is 0.572. The third-order valence-corrected chi connectivity index (χ3v) is 11.2. The van der Waals surface area contributed by atoms with Gasteiger partial charge in [-0.2, -0.15) is 0 Å². The Morgan fingerprint density at radius 3 is 1.39 bits per heavy atom. The Labute approximate surface area is 319 Å². The lowest BCUT2D eigenvalue weighted by atomic mass is 9.59. The molecule has 0 aliphatic carbocycles. The van der Waals surface area contributed by atoms with E-state index in [9.17, 15) is 0 Å². The summed E-state index contributed by atoms with van der Waals surface area (Å²) in [5.74, 6) is 1.81. The summed E-state index contributed by atoms with van der Waals surface area (Å²) in [7, 11) is 11.2. The van der Waals surface area contributed by atoms with E-state index in [-0.39, 0.29) is 0 Å². The minimum Gasteiger partial charge on any atom is -0.455 e. The molecule has 0 atom stereocenters.